The largest absolute Gasteiger partial charge is 0.347 e. The fourth-order valence-electron chi connectivity index (χ4n) is 1.26. The van der Waals surface area contributed by atoms with Gasteiger partial charge in [0.2, 0.25) is 11.8 Å². The van der Waals surface area contributed by atoms with Crippen molar-refractivity contribution in [2.45, 2.75) is 46.2 Å². The van der Waals surface area contributed by atoms with Gasteiger partial charge in [-0.3, -0.25) is 9.59 Å². The summed E-state index contributed by atoms with van der Waals surface area (Å²) >= 11 is 0. The number of nitrogens with one attached hydrogen (secondary N) is 1. The number of nitrogens with zero attached hydrogens (tertiary/aromatic N) is 1. The summed E-state index contributed by atoms with van der Waals surface area (Å²) in [5, 5.41) is 2.65. The normalized spacial score (nSPS) is 15.0. The zero-order chi connectivity index (χ0) is 13.8. The van der Waals surface area contributed by atoms with Gasteiger partial charge < -0.3 is 16.0 Å². The van der Waals surface area contributed by atoms with Crippen molar-refractivity contribution < 1.29 is 9.59 Å². The van der Waals surface area contributed by atoms with Gasteiger partial charge in [0.05, 0.1) is 0 Å². The molecule has 0 aromatic heterocycles. The van der Waals surface area contributed by atoms with Crippen molar-refractivity contribution in [2.75, 3.05) is 14.1 Å². The second-order valence-electron chi connectivity index (χ2n) is 5.70. The number of carbonyl (C=O) groups excluding carboxylic acids is 2. The average Bonchev–Trinajstić information content (AvgIpc) is 2.14. The first-order chi connectivity index (χ1) is 7.55. The Morgan fingerprint density at radius 2 is 1.76 bits per heavy atom. The van der Waals surface area contributed by atoms with Crippen molar-refractivity contribution >= 4 is 11.8 Å². The number of likely N-dealkylation sites (N-methyl/N-ethyl adjacent to an activating group) is 1. The number of nitrogens with two attached hydrogens (primary N) is 1. The quantitative estimate of drug-likeness (QED) is 0.748. The number of amides is 2. The first kappa shape index (κ1) is 15.9. The third-order valence-electron chi connectivity index (χ3n) is 2.71. The monoisotopic (exact) mass is 243 g/mol. The topological polar surface area (TPSA) is 75.4 Å². The molecule has 0 aliphatic rings. The summed E-state index contributed by atoms with van der Waals surface area (Å²) in [6.07, 6.45) is 0.231. The van der Waals surface area contributed by atoms with Crippen molar-refractivity contribution in [3.05, 3.63) is 0 Å². The molecule has 100 valence electrons. The Balaban J connectivity index is 4.24. The first-order valence-electron chi connectivity index (χ1n) is 5.81. The zero-order valence-corrected chi connectivity index (χ0v) is 11.7. The molecule has 5 nitrogen and oxygen atoms in total. The van der Waals surface area contributed by atoms with E-state index in [-0.39, 0.29) is 29.7 Å². The lowest BCUT2D eigenvalue weighted by atomic mass is 9.85. The van der Waals surface area contributed by atoms with Crippen LogP contribution in [-0.4, -0.2) is 42.9 Å². The fourth-order valence-corrected chi connectivity index (χ4v) is 1.26. The van der Waals surface area contributed by atoms with Crippen LogP contribution in [0.5, 0.6) is 0 Å². The van der Waals surface area contributed by atoms with E-state index >= 15 is 0 Å². The molecule has 0 saturated heterocycles. The molecule has 2 unspecified atom stereocenters. The molecule has 0 aliphatic carbocycles. The van der Waals surface area contributed by atoms with E-state index < -0.39 is 6.04 Å². The summed E-state index contributed by atoms with van der Waals surface area (Å²) in [6, 6.07) is -0.728. The van der Waals surface area contributed by atoms with Gasteiger partial charge >= 0.3 is 0 Å². The Hall–Kier alpha value is -1.10. The summed E-state index contributed by atoms with van der Waals surface area (Å²) in [6.45, 7) is 7.63. The van der Waals surface area contributed by atoms with Crippen LogP contribution in [0.1, 0.15) is 34.1 Å². The molecular formula is C12H25N3O2. The van der Waals surface area contributed by atoms with E-state index in [1.165, 1.54) is 4.90 Å². The maximum atomic E-state index is 11.7. The highest BCUT2D eigenvalue weighted by molar-refractivity contribution is 5.87. The van der Waals surface area contributed by atoms with E-state index in [4.69, 9.17) is 5.73 Å². The summed E-state index contributed by atoms with van der Waals surface area (Å²) < 4.78 is 0. The van der Waals surface area contributed by atoms with E-state index in [1.807, 2.05) is 20.8 Å². The Morgan fingerprint density at radius 1 is 1.29 bits per heavy atom. The fraction of sp³-hybridized carbons (Fsp3) is 0.833. The highest BCUT2D eigenvalue weighted by Crippen LogP contribution is 2.19. The van der Waals surface area contributed by atoms with Crippen molar-refractivity contribution in [1.82, 2.24) is 10.2 Å². The lowest BCUT2D eigenvalue weighted by molar-refractivity contribution is -0.134. The molecule has 3 N–H and O–H groups in total. The summed E-state index contributed by atoms with van der Waals surface area (Å²) in [4.78, 5) is 24.7. The molecule has 0 heterocycles. The molecule has 17 heavy (non-hydrogen) atoms. The predicted molar refractivity (Wildman–Crippen MR) is 68.3 cm³/mol. The average molecular weight is 243 g/mol. The van der Waals surface area contributed by atoms with Crippen LogP contribution in [0.25, 0.3) is 0 Å². The van der Waals surface area contributed by atoms with E-state index in [0.717, 1.165) is 0 Å². The highest BCUT2D eigenvalue weighted by Gasteiger charge is 2.25. The SMILES string of the molecule is CC(NC(=O)CC(N)C(C)(C)C)C(=O)N(C)C. The zero-order valence-electron chi connectivity index (χ0n) is 11.7. The minimum Gasteiger partial charge on any atom is -0.347 e. The van der Waals surface area contributed by atoms with Crippen LogP contribution in [0.3, 0.4) is 0 Å². The molecular weight excluding hydrogens is 218 g/mol. The van der Waals surface area contributed by atoms with Crippen LogP contribution in [0.2, 0.25) is 0 Å². The number of hydrogen-bond acceptors (Lipinski definition) is 3. The van der Waals surface area contributed by atoms with Crippen LogP contribution >= 0.6 is 0 Å². The Kier molecular flexibility index (Phi) is 5.61. The molecule has 0 bridgehead atoms. The second-order valence-corrected chi connectivity index (χ2v) is 5.70. The Labute approximate surface area is 104 Å². The van der Waals surface area contributed by atoms with E-state index in [1.54, 1.807) is 21.0 Å². The lowest BCUT2D eigenvalue weighted by Gasteiger charge is -2.27. The Bertz CT molecular complexity index is 282. The molecule has 0 aromatic rings. The van der Waals surface area contributed by atoms with E-state index in [0.29, 0.717) is 0 Å². The molecule has 2 amide bonds. The highest BCUT2D eigenvalue weighted by atomic mass is 16.2. The number of rotatable bonds is 4. The minimum absolute atomic E-state index is 0.119. The van der Waals surface area contributed by atoms with Gasteiger partial charge in [0.1, 0.15) is 6.04 Å². The van der Waals surface area contributed by atoms with Crippen LogP contribution in [0.15, 0.2) is 0 Å². The molecule has 0 aromatic carbocycles. The molecule has 0 radical (unpaired) electrons. The summed E-state index contributed by atoms with van der Waals surface area (Å²) in [5.41, 5.74) is 5.79. The van der Waals surface area contributed by atoms with Crippen LogP contribution in [0, 0.1) is 5.41 Å². The van der Waals surface area contributed by atoms with E-state index in [9.17, 15) is 9.59 Å². The van der Waals surface area contributed by atoms with Crippen molar-refractivity contribution in [2.24, 2.45) is 11.1 Å². The van der Waals surface area contributed by atoms with Crippen LogP contribution < -0.4 is 11.1 Å². The van der Waals surface area contributed by atoms with Gasteiger partial charge in [-0.2, -0.15) is 0 Å². The third kappa shape index (κ3) is 5.68. The standard InChI is InChI=1S/C12H25N3O2/c1-8(11(17)15(5)6)14-10(16)7-9(13)12(2,3)4/h8-9H,7,13H2,1-6H3,(H,14,16). The van der Waals surface area contributed by atoms with Gasteiger partial charge in [0.15, 0.2) is 0 Å². The van der Waals surface area contributed by atoms with Gasteiger partial charge in [0, 0.05) is 26.6 Å². The predicted octanol–water partition coefficient (Wildman–Crippen LogP) is 0.343. The molecule has 0 rings (SSSR count). The van der Waals surface area contributed by atoms with Gasteiger partial charge in [-0.1, -0.05) is 20.8 Å². The van der Waals surface area contributed by atoms with Crippen molar-refractivity contribution in [1.29, 1.82) is 0 Å². The maximum absolute atomic E-state index is 11.7. The van der Waals surface area contributed by atoms with Gasteiger partial charge in [0.25, 0.3) is 0 Å². The summed E-state index contributed by atoms with van der Waals surface area (Å²) in [7, 11) is 3.32. The van der Waals surface area contributed by atoms with Gasteiger partial charge in [-0.15, -0.1) is 0 Å². The number of hydrogen-bond donors (Lipinski definition) is 2. The molecule has 2 atom stereocenters. The van der Waals surface area contributed by atoms with Crippen LogP contribution in [-0.2, 0) is 9.59 Å². The second kappa shape index (κ2) is 6.00. The van der Waals surface area contributed by atoms with Gasteiger partial charge in [-0.25, -0.2) is 0 Å². The first-order valence-corrected chi connectivity index (χ1v) is 5.81. The lowest BCUT2D eigenvalue weighted by Crippen LogP contribution is -2.47. The number of carbonyl (C=O) groups is 2. The van der Waals surface area contributed by atoms with Crippen LogP contribution in [0.4, 0.5) is 0 Å². The third-order valence-corrected chi connectivity index (χ3v) is 2.71. The molecule has 5 heteroatoms. The molecule has 0 aliphatic heterocycles. The summed E-state index contributed by atoms with van der Waals surface area (Å²) in [5.74, 6) is -0.308. The smallest absolute Gasteiger partial charge is 0.244 e. The molecule has 0 fully saturated rings. The van der Waals surface area contributed by atoms with E-state index in [2.05, 4.69) is 5.32 Å². The van der Waals surface area contributed by atoms with Crippen molar-refractivity contribution in [3.63, 3.8) is 0 Å². The minimum atomic E-state index is -0.510. The maximum Gasteiger partial charge on any atom is 0.244 e. The molecule has 0 saturated carbocycles. The van der Waals surface area contributed by atoms with Gasteiger partial charge in [-0.05, 0) is 12.3 Å². The Morgan fingerprint density at radius 3 is 2.12 bits per heavy atom. The van der Waals surface area contributed by atoms with Crippen molar-refractivity contribution in [3.8, 4) is 0 Å². The molecule has 0 spiro atoms.